The predicted molar refractivity (Wildman–Crippen MR) is 72.2 cm³/mol. The summed E-state index contributed by atoms with van der Waals surface area (Å²) in [4.78, 5) is 25.1. The molecule has 4 aliphatic rings. The molecule has 5 heteroatoms. The van der Waals surface area contributed by atoms with Crippen molar-refractivity contribution in [1.82, 2.24) is 4.90 Å². The number of hydrogen-bond acceptors (Lipinski definition) is 3. The summed E-state index contributed by atoms with van der Waals surface area (Å²) in [6, 6.07) is -0.719. The first-order valence-corrected chi connectivity index (χ1v) is 7.43. The summed E-state index contributed by atoms with van der Waals surface area (Å²) >= 11 is 0. The minimum Gasteiger partial charge on any atom is -0.480 e. The lowest BCUT2D eigenvalue weighted by Crippen LogP contribution is -2.56. The van der Waals surface area contributed by atoms with Gasteiger partial charge in [0.05, 0.1) is 0 Å². The van der Waals surface area contributed by atoms with E-state index in [1.807, 2.05) is 0 Å². The van der Waals surface area contributed by atoms with Crippen LogP contribution in [0.4, 0.5) is 4.79 Å². The fraction of sp³-hybridized carbons (Fsp3) is 0.867. The van der Waals surface area contributed by atoms with Gasteiger partial charge in [-0.2, -0.15) is 0 Å². The van der Waals surface area contributed by atoms with Crippen molar-refractivity contribution < 1.29 is 19.4 Å². The highest BCUT2D eigenvalue weighted by molar-refractivity contribution is 5.81. The SMILES string of the molecule is CC(C)(C)OC(=O)N1CC(C23CC(C2)C3)CC1C(=O)O. The van der Waals surface area contributed by atoms with Crippen molar-refractivity contribution in [2.24, 2.45) is 17.3 Å². The summed E-state index contributed by atoms with van der Waals surface area (Å²) in [5.41, 5.74) is -0.246. The van der Waals surface area contributed by atoms with Gasteiger partial charge in [-0.25, -0.2) is 9.59 Å². The normalized spacial score (nSPS) is 39.0. The molecular formula is C15H23NO4. The van der Waals surface area contributed by atoms with E-state index in [1.54, 1.807) is 20.8 Å². The van der Waals surface area contributed by atoms with Gasteiger partial charge >= 0.3 is 12.1 Å². The summed E-state index contributed by atoms with van der Waals surface area (Å²) in [7, 11) is 0. The van der Waals surface area contributed by atoms with Crippen LogP contribution in [0.5, 0.6) is 0 Å². The molecule has 0 aromatic rings. The van der Waals surface area contributed by atoms with Gasteiger partial charge in [-0.15, -0.1) is 0 Å². The maximum atomic E-state index is 12.2. The molecule has 5 nitrogen and oxygen atoms in total. The number of carbonyl (C=O) groups excluding carboxylic acids is 1. The van der Waals surface area contributed by atoms with Crippen molar-refractivity contribution in [3.05, 3.63) is 0 Å². The lowest BCUT2D eigenvalue weighted by molar-refractivity contribution is -0.149. The zero-order valence-electron chi connectivity index (χ0n) is 12.4. The minimum atomic E-state index is -0.912. The van der Waals surface area contributed by atoms with Gasteiger partial charge in [-0.3, -0.25) is 4.90 Å². The molecule has 1 N–H and O–H groups in total. The Morgan fingerprint density at radius 2 is 1.85 bits per heavy atom. The molecule has 0 spiro atoms. The number of hydrogen-bond donors (Lipinski definition) is 1. The van der Waals surface area contributed by atoms with Crippen molar-refractivity contribution in [2.75, 3.05) is 6.54 Å². The van der Waals surface area contributed by atoms with Crippen LogP contribution in [-0.4, -0.2) is 40.3 Å². The van der Waals surface area contributed by atoms with Crippen LogP contribution in [0, 0.1) is 17.3 Å². The minimum absolute atomic E-state index is 0.334. The summed E-state index contributed by atoms with van der Waals surface area (Å²) in [5, 5.41) is 9.37. The van der Waals surface area contributed by atoms with Crippen LogP contribution in [0.15, 0.2) is 0 Å². The van der Waals surface area contributed by atoms with Crippen molar-refractivity contribution in [2.45, 2.75) is 58.1 Å². The molecular weight excluding hydrogens is 258 g/mol. The molecule has 4 fully saturated rings. The molecule has 0 aromatic carbocycles. The van der Waals surface area contributed by atoms with Gasteiger partial charge < -0.3 is 9.84 Å². The highest BCUT2D eigenvalue weighted by atomic mass is 16.6. The molecule has 3 saturated carbocycles. The zero-order valence-corrected chi connectivity index (χ0v) is 12.4. The first kappa shape index (κ1) is 13.7. The predicted octanol–water partition coefficient (Wildman–Crippen LogP) is 2.50. The molecule has 3 aliphatic carbocycles. The molecule has 2 bridgehead atoms. The van der Waals surface area contributed by atoms with Crippen molar-refractivity contribution in [1.29, 1.82) is 0 Å². The number of aliphatic carboxylic acids is 1. The molecule has 1 aliphatic heterocycles. The molecule has 1 amide bonds. The number of nitrogens with zero attached hydrogens (tertiary/aromatic N) is 1. The standard InChI is InChI=1S/C15H23NO4/c1-14(2,3)20-13(19)16-8-10(4-11(16)12(17)18)15-5-9(6-15)7-15/h9-11H,4-8H2,1-3H3,(H,17,18). The van der Waals surface area contributed by atoms with E-state index in [-0.39, 0.29) is 0 Å². The lowest BCUT2D eigenvalue weighted by Gasteiger charge is -2.65. The summed E-state index contributed by atoms with van der Waals surface area (Å²) in [5.74, 6) is 0.292. The van der Waals surface area contributed by atoms with E-state index in [2.05, 4.69) is 0 Å². The second kappa shape index (κ2) is 4.12. The Morgan fingerprint density at radius 3 is 2.25 bits per heavy atom. The van der Waals surface area contributed by atoms with Crippen LogP contribution in [0.3, 0.4) is 0 Å². The first-order chi connectivity index (χ1) is 9.20. The van der Waals surface area contributed by atoms with Gasteiger partial charge in [-0.1, -0.05) is 0 Å². The van der Waals surface area contributed by atoms with Crippen LogP contribution in [0.2, 0.25) is 0 Å². The number of carboxylic acid groups (broad SMARTS) is 1. The molecule has 0 radical (unpaired) electrons. The lowest BCUT2D eigenvalue weighted by atomic mass is 9.40. The van der Waals surface area contributed by atoms with Gasteiger partial charge in [-0.05, 0) is 63.7 Å². The molecule has 1 heterocycles. The molecule has 112 valence electrons. The van der Waals surface area contributed by atoms with E-state index < -0.39 is 23.7 Å². The molecule has 0 aromatic heterocycles. The Balaban J connectivity index is 1.71. The average Bonchev–Trinajstić information content (AvgIpc) is 2.54. The number of carboxylic acids is 1. The largest absolute Gasteiger partial charge is 0.480 e. The Hall–Kier alpha value is -1.26. The van der Waals surface area contributed by atoms with Crippen LogP contribution in [0.25, 0.3) is 0 Å². The fourth-order valence-electron chi connectivity index (χ4n) is 4.08. The Labute approximate surface area is 119 Å². The average molecular weight is 281 g/mol. The highest BCUT2D eigenvalue weighted by Gasteiger charge is 2.63. The van der Waals surface area contributed by atoms with Crippen molar-refractivity contribution in [3.8, 4) is 0 Å². The first-order valence-electron chi connectivity index (χ1n) is 7.43. The second-order valence-electron chi connectivity index (χ2n) is 7.76. The van der Waals surface area contributed by atoms with E-state index in [4.69, 9.17) is 4.74 Å². The number of rotatable bonds is 2. The molecule has 1 saturated heterocycles. The highest BCUT2D eigenvalue weighted by Crippen LogP contribution is 2.69. The Kier molecular flexibility index (Phi) is 2.82. The fourth-order valence-corrected chi connectivity index (χ4v) is 4.08. The molecule has 2 unspecified atom stereocenters. The van der Waals surface area contributed by atoms with E-state index in [0.29, 0.717) is 24.3 Å². The van der Waals surface area contributed by atoms with Gasteiger partial charge in [0.2, 0.25) is 0 Å². The monoisotopic (exact) mass is 281 g/mol. The smallest absolute Gasteiger partial charge is 0.411 e. The summed E-state index contributed by atoms with van der Waals surface area (Å²) in [6.07, 6.45) is 3.78. The third kappa shape index (κ3) is 2.07. The van der Waals surface area contributed by atoms with Gasteiger partial charge in [0.25, 0.3) is 0 Å². The van der Waals surface area contributed by atoms with Gasteiger partial charge in [0, 0.05) is 6.54 Å². The topological polar surface area (TPSA) is 66.8 Å². The van der Waals surface area contributed by atoms with Crippen molar-refractivity contribution in [3.63, 3.8) is 0 Å². The molecule has 20 heavy (non-hydrogen) atoms. The Bertz CT molecular complexity index is 436. The number of amides is 1. The van der Waals surface area contributed by atoms with Gasteiger partial charge in [0.15, 0.2) is 0 Å². The van der Waals surface area contributed by atoms with E-state index >= 15 is 0 Å². The summed E-state index contributed by atoms with van der Waals surface area (Å²) < 4.78 is 5.35. The third-order valence-electron chi connectivity index (χ3n) is 5.17. The number of ether oxygens (including phenoxy) is 1. The maximum absolute atomic E-state index is 12.2. The quantitative estimate of drug-likeness (QED) is 0.844. The van der Waals surface area contributed by atoms with Crippen LogP contribution in [-0.2, 0) is 9.53 Å². The van der Waals surface area contributed by atoms with Crippen LogP contribution >= 0.6 is 0 Å². The summed E-state index contributed by atoms with van der Waals surface area (Å²) in [6.45, 7) is 5.94. The van der Waals surface area contributed by atoms with Crippen molar-refractivity contribution >= 4 is 12.1 Å². The number of likely N-dealkylation sites (tertiary alicyclic amines) is 1. The third-order valence-corrected chi connectivity index (χ3v) is 5.17. The Morgan fingerprint density at radius 1 is 1.25 bits per heavy atom. The second-order valence-corrected chi connectivity index (χ2v) is 7.76. The number of carbonyl (C=O) groups is 2. The molecule has 2 atom stereocenters. The van der Waals surface area contributed by atoms with Crippen LogP contribution in [0.1, 0.15) is 46.5 Å². The van der Waals surface area contributed by atoms with E-state index in [9.17, 15) is 14.7 Å². The van der Waals surface area contributed by atoms with Crippen LogP contribution < -0.4 is 0 Å². The van der Waals surface area contributed by atoms with Gasteiger partial charge in [0.1, 0.15) is 11.6 Å². The molecule has 4 rings (SSSR count). The van der Waals surface area contributed by atoms with E-state index in [1.165, 1.54) is 24.2 Å². The maximum Gasteiger partial charge on any atom is 0.411 e. The van der Waals surface area contributed by atoms with E-state index in [0.717, 1.165) is 5.92 Å². The zero-order chi connectivity index (χ0) is 14.7.